The van der Waals surface area contributed by atoms with E-state index in [4.69, 9.17) is 16.3 Å². The van der Waals surface area contributed by atoms with Crippen molar-refractivity contribution in [2.45, 2.75) is 26.4 Å². The number of ether oxygens (including phenoxy) is 1. The quantitative estimate of drug-likeness (QED) is 0.658. The fraction of sp³-hybridized carbons (Fsp3) is 0.348. The molecule has 0 spiro atoms. The second-order valence-corrected chi connectivity index (χ2v) is 8.29. The Morgan fingerprint density at radius 1 is 1.16 bits per heavy atom. The molecule has 0 radical (unpaired) electrons. The minimum absolute atomic E-state index is 0.0542. The minimum atomic E-state index is -0.144. The van der Waals surface area contributed by atoms with Crippen LogP contribution in [0.3, 0.4) is 0 Å². The van der Waals surface area contributed by atoms with Gasteiger partial charge in [0.05, 0.1) is 18.1 Å². The van der Waals surface area contributed by atoms with Gasteiger partial charge in [-0.2, -0.15) is 0 Å². The first-order valence-corrected chi connectivity index (χ1v) is 10.7. The van der Waals surface area contributed by atoms with Crippen LogP contribution in [0.25, 0.3) is 10.9 Å². The lowest BCUT2D eigenvalue weighted by molar-refractivity contribution is -0.131. The van der Waals surface area contributed by atoms with Crippen molar-refractivity contribution in [3.63, 3.8) is 0 Å². The molecule has 0 saturated carbocycles. The molecule has 0 aliphatic carbocycles. The summed E-state index contributed by atoms with van der Waals surface area (Å²) in [6, 6.07) is 9.53. The molecule has 0 atom stereocenters. The highest BCUT2D eigenvalue weighted by Crippen LogP contribution is 2.24. The van der Waals surface area contributed by atoms with Gasteiger partial charge in [0.2, 0.25) is 11.8 Å². The van der Waals surface area contributed by atoms with E-state index in [9.17, 15) is 9.59 Å². The molecule has 3 heterocycles. The van der Waals surface area contributed by atoms with E-state index in [1.54, 1.807) is 11.0 Å². The molecule has 4 rings (SSSR count). The molecule has 162 valence electrons. The summed E-state index contributed by atoms with van der Waals surface area (Å²) in [6.07, 6.45) is 3.67. The number of nitrogens with one attached hydrogen (secondary N) is 1. The lowest BCUT2D eigenvalue weighted by Crippen LogP contribution is -2.51. The minimum Gasteiger partial charge on any atom is -0.474 e. The van der Waals surface area contributed by atoms with Crippen LogP contribution in [-0.2, 0) is 11.2 Å². The maximum Gasteiger partial charge on any atom is 0.255 e. The standard InChI is InChI=1S/C23H25ClN4O3/c1-15(2)31-22-19(24)11-17(14-26-22)23(30)28-9-7-27(8-10-28)21(29)12-16-13-25-20-6-4-3-5-18(16)20/h3-6,11,13-15,25H,7-10,12H2,1-2H3. The van der Waals surface area contributed by atoms with Gasteiger partial charge in [0.25, 0.3) is 5.91 Å². The molecule has 8 heteroatoms. The number of halogens is 1. The molecule has 1 fully saturated rings. The van der Waals surface area contributed by atoms with Crippen molar-refractivity contribution in [2.75, 3.05) is 26.2 Å². The number of aromatic amines is 1. The van der Waals surface area contributed by atoms with E-state index in [1.807, 2.05) is 49.2 Å². The average Bonchev–Trinajstić information content (AvgIpc) is 3.17. The van der Waals surface area contributed by atoms with Gasteiger partial charge >= 0.3 is 0 Å². The summed E-state index contributed by atoms with van der Waals surface area (Å²) in [5, 5.41) is 1.38. The van der Waals surface area contributed by atoms with Gasteiger partial charge in [0.1, 0.15) is 5.02 Å². The molecule has 1 aliphatic rings. The van der Waals surface area contributed by atoms with Crippen LogP contribution in [0, 0.1) is 0 Å². The van der Waals surface area contributed by atoms with Crippen molar-refractivity contribution in [3.05, 3.63) is 58.9 Å². The normalized spacial score (nSPS) is 14.3. The number of carbonyl (C=O) groups excluding carboxylic acids is 2. The van der Waals surface area contributed by atoms with E-state index < -0.39 is 0 Å². The second kappa shape index (κ2) is 8.98. The number of nitrogens with zero attached hydrogens (tertiary/aromatic N) is 3. The Labute approximate surface area is 186 Å². The Kier molecular flexibility index (Phi) is 6.13. The van der Waals surface area contributed by atoms with Gasteiger partial charge in [-0.3, -0.25) is 9.59 Å². The van der Waals surface area contributed by atoms with Gasteiger partial charge in [0.15, 0.2) is 0 Å². The summed E-state index contributed by atoms with van der Waals surface area (Å²) in [7, 11) is 0. The summed E-state index contributed by atoms with van der Waals surface area (Å²) in [5.41, 5.74) is 2.43. The summed E-state index contributed by atoms with van der Waals surface area (Å²) in [6.45, 7) is 5.72. The Morgan fingerprint density at radius 2 is 1.87 bits per heavy atom. The van der Waals surface area contributed by atoms with Crippen LogP contribution in [0.15, 0.2) is 42.7 Å². The third kappa shape index (κ3) is 4.66. The Hall–Kier alpha value is -3.06. The highest BCUT2D eigenvalue weighted by Gasteiger charge is 2.26. The highest BCUT2D eigenvalue weighted by molar-refractivity contribution is 6.32. The maximum absolute atomic E-state index is 12.8. The number of fused-ring (bicyclic) bond motifs is 1. The predicted molar refractivity (Wildman–Crippen MR) is 119 cm³/mol. The zero-order valence-corrected chi connectivity index (χ0v) is 18.4. The maximum atomic E-state index is 12.8. The van der Waals surface area contributed by atoms with Gasteiger partial charge in [-0.1, -0.05) is 29.8 Å². The molecule has 7 nitrogen and oxygen atoms in total. The molecule has 0 unspecified atom stereocenters. The number of aromatic nitrogens is 2. The first-order valence-electron chi connectivity index (χ1n) is 10.4. The number of piperazine rings is 1. The van der Waals surface area contributed by atoms with Crippen LogP contribution < -0.4 is 4.74 Å². The van der Waals surface area contributed by atoms with Crippen LogP contribution in [0.5, 0.6) is 5.88 Å². The molecule has 1 aliphatic heterocycles. The molecular weight excluding hydrogens is 416 g/mol. The lowest BCUT2D eigenvalue weighted by Gasteiger charge is -2.34. The highest BCUT2D eigenvalue weighted by atomic mass is 35.5. The predicted octanol–water partition coefficient (Wildman–Crippen LogP) is 3.53. The number of carbonyl (C=O) groups is 2. The SMILES string of the molecule is CC(C)Oc1ncc(C(=O)N2CCN(C(=O)Cc3c[nH]c4ccccc34)CC2)cc1Cl. The van der Waals surface area contributed by atoms with Crippen LogP contribution in [0.1, 0.15) is 29.8 Å². The zero-order chi connectivity index (χ0) is 22.0. The van der Waals surface area contributed by atoms with E-state index in [1.165, 1.54) is 6.20 Å². The average molecular weight is 441 g/mol. The third-order valence-corrected chi connectivity index (χ3v) is 5.61. The molecule has 31 heavy (non-hydrogen) atoms. The lowest BCUT2D eigenvalue weighted by atomic mass is 10.1. The molecule has 1 N–H and O–H groups in total. The van der Waals surface area contributed by atoms with Gasteiger partial charge in [0, 0.05) is 49.5 Å². The second-order valence-electron chi connectivity index (χ2n) is 7.89. The number of hydrogen-bond donors (Lipinski definition) is 1. The van der Waals surface area contributed by atoms with Crippen LogP contribution in [-0.4, -0.2) is 63.9 Å². The van der Waals surface area contributed by atoms with Gasteiger partial charge in [-0.05, 0) is 31.5 Å². The van der Waals surface area contributed by atoms with E-state index in [0.717, 1.165) is 16.5 Å². The molecule has 1 saturated heterocycles. The summed E-state index contributed by atoms with van der Waals surface area (Å²) in [5.74, 6) is 0.242. The topological polar surface area (TPSA) is 78.5 Å². The smallest absolute Gasteiger partial charge is 0.255 e. The number of rotatable bonds is 5. The largest absolute Gasteiger partial charge is 0.474 e. The number of hydrogen-bond acceptors (Lipinski definition) is 4. The fourth-order valence-corrected chi connectivity index (χ4v) is 3.96. The van der Waals surface area contributed by atoms with Gasteiger partial charge in [-0.25, -0.2) is 4.98 Å². The Bertz CT molecular complexity index is 1100. The number of H-pyrrole nitrogens is 1. The number of amides is 2. The fourth-order valence-electron chi connectivity index (χ4n) is 3.75. The number of para-hydroxylation sites is 1. The molecular formula is C23H25ClN4O3. The molecule has 2 aromatic heterocycles. The van der Waals surface area contributed by atoms with E-state index >= 15 is 0 Å². The molecule has 3 aromatic rings. The van der Waals surface area contributed by atoms with E-state index in [-0.39, 0.29) is 17.9 Å². The van der Waals surface area contributed by atoms with Crippen molar-refractivity contribution in [3.8, 4) is 5.88 Å². The molecule has 1 aromatic carbocycles. The van der Waals surface area contributed by atoms with Crippen molar-refractivity contribution in [2.24, 2.45) is 0 Å². The van der Waals surface area contributed by atoms with E-state index in [2.05, 4.69) is 9.97 Å². The van der Waals surface area contributed by atoms with Crippen LogP contribution in [0.4, 0.5) is 0 Å². The zero-order valence-electron chi connectivity index (χ0n) is 17.6. The monoisotopic (exact) mass is 440 g/mol. The van der Waals surface area contributed by atoms with Crippen LogP contribution >= 0.6 is 11.6 Å². The molecule has 0 bridgehead atoms. The van der Waals surface area contributed by atoms with E-state index in [0.29, 0.717) is 49.1 Å². The summed E-state index contributed by atoms with van der Waals surface area (Å²) >= 11 is 6.22. The van der Waals surface area contributed by atoms with Crippen molar-refractivity contribution >= 4 is 34.3 Å². The van der Waals surface area contributed by atoms with Crippen molar-refractivity contribution in [1.29, 1.82) is 0 Å². The van der Waals surface area contributed by atoms with Gasteiger partial charge in [-0.15, -0.1) is 0 Å². The summed E-state index contributed by atoms with van der Waals surface area (Å²) < 4.78 is 5.52. The Balaban J connectivity index is 1.35. The van der Waals surface area contributed by atoms with Crippen molar-refractivity contribution in [1.82, 2.24) is 19.8 Å². The molecule has 2 amide bonds. The van der Waals surface area contributed by atoms with Crippen molar-refractivity contribution < 1.29 is 14.3 Å². The first-order chi connectivity index (χ1) is 14.9. The Morgan fingerprint density at radius 3 is 2.58 bits per heavy atom. The number of benzene rings is 1. The third-order valence-electron chi connectivity index (χ3n) is 5.34. The number of pyridine rings is 1. The first kappa shape index (κ1) is 21.2. The van der Waals surface area contributed by atoms with Gasteiger partial charge < -0.3 is 19.5 Å². The summed E-state index contributed by atoms with van der Waals surface area (Å²) in [4.78, 5) is 36.6. The van der Waals surface area contributed by atoms with Crippen LogP contribution in [0.2, 0.25) is 5.02 Å².